The number of nitrogens with one attached hydrogen (secondary N) is 1. The minimum atomic E-state index is -0.343. The molecule has 2 rings (SSSR count). The maximum Gasteiger partial charge on any atom is 0.151 e. The zero-order valence-electron chi connectivity index (χ0n) is 12.2. The molecule has 1 aliphatic heterocycles. The fourth-order valence-electron chi connectivity index (χ4n) is 2.56. The number of unbranched alkanes of at least 4 members (excludes halogenated alkanes) is 1. The number of β-amino-alcohol motifs (C(OH)–C–C–N with tert-alkyl or cyclic N) is 1. The van der Waals surface area contributed by atoms with Gasteiger partial charge in [-0.05, 0) is 12.8 Å². The third-order valence-electron chi connectivity index (χ3n) is 3.46. The van der Waals surface area contributed by atoms with Gasteiger partial charge in [0.25, 0.3) is 0 Å². The Kier molecular flexibility index (Phi) is 9.85. The molecule has 1 aromatic rings. The average Bonchev–Trinajstić information content (AvgIpc) is 2.66. The van der Waals surface area contributed by atoms with Crippen molar-refractivity contribution in [2.75, 3.05) is 13.1 Å². The molecule has 5 nitrogen and oxygen atoms in total. The van der Waals surface area contributed by atoms with Crippen LogP contribution in [0, 0.1) is 0 Å². The largest absolute Gasteiger partial charge is 0.392 e. The lowest BCUT2D eigenvalue weighted by Crippen LogP contribution is -2.48. The summed E-state index contributed by atoms with van der Waals surface area (Å²) in [6.45, 7) is 4.26. The molecule has 1 aliphatic rings. The fourth-order valence-corrected chi connectivity index (χ4v) is 2.77. The Hall–Kier alpha value is -0.0400. The summed E-state index contributed by atoms with van der Waals surface area (Å²) in [7, 11) is 0. The van der Waals surface area contributed by atoms with Crippen molar-refractivity contribution in [3.05, 3.63) is 16.7 Å². The van der Waals surface area contributed by atoms with E-state index < -0.39 is 0 Å². The molecule has 21 heavy (non-hydrogen) atoms. The average molecular weight is 360 g/mol. The van der Waals surface area contributed by atoms with Crippen LogP contribution < -0.4 is 5.73 Å². The highest BCUT2D eigenvalue weighted by Gasteiger charge is 2.24. The summed E-state index contributed by atoms with van der Waals surface area (Å²) in [6, 6.07) is 0.0324. The number of hydrogen-bond acceptors (Lipinski definition) is 4. The number of H-pyrrole nitrogens is 1. The van der Waals surface area contributed by atoms with Crippen LogP contribution in [-0.4, -0.2) is 45.2 Å². The van der Waals surface area contributed by atoms with Gasteiger partial charge in [-0.3, -0.25) is 4.90 Å². The minimum absolute atomic E-state index is 0. The molecule has 0 aromatic carbocycles. The second-order valence-corrected chi connectivity index (χ2v) is 5.76. The molecule has 2 heterocycles. The van der Waals surface area contributed by atoms with Crippen molar-refractivity contribution in [2.45, 2.75) is 51.3 Å². The second-order valence-electron chi connectivity index (χ2n) is 5.40. The maximum atomic E-state index is 9.74. The topological polar surface area (TPSA) is 78.2 Å². The van der Waals surface area contributed by atoms with Gasteiger partial charge >= 0.3 is 0 Å². The zero-order valence-corrected chi connectivity index (χ0v) is 14.6. The number of rotatable bonds is 5. The Morgan fingerprint density at radius 3 is 2.76 bits per heavy atom. The van der Waals surface area contributed by atoms with Crippen LogP contribution in [0.5, 0.6) is 0 Å². The van der Waals surface area contributed by atoms with Gasteiger partial charge in [0.1, 0.15) is 5.82 Å². The van der Waals surface area contributed by atoms with Gasteiger partial charge in [0.05, 0.1) is 11.8 Å². The lowest BCUT2D eigenvalue weighted by molar-refractivity contribution is 0.0559. The molecule has 0 spiro atoms. The number of nitrogens with zero attached hydrogens (tertiary/aromatic N) is 2. The van der Waals surface area contributed by atoms with Gasteiger partial charge in [-0.25, -0.2) is 4.98 Å². The van der Waals surface area contributed by atoms with Crippen molar-refractivity contribution in [3.8, 4) is 0 Å². The number of nitrogens with two attached hydrogens (primary N) is 1. The summed E-state index contributed by atoms with van der Waals surface area (Å²) >= 11 is 6.15. The van der Waals surface area contributed by atoms with Crippen LogP contribution in [0.25, 0.3) is 0 Å². The molecule has 2 atom stereocenters. The van der Waals surface area contributed by atoms with Gasteiger partial charge in [-0.15, -0.1) is 24.8 Å². The summed E-state index contributed by atoms with van der Waals surface area (Å²) in [5.41, 5.74) is 6.84. The Balaban J connectivity index is 0.00000200. The predicted molar refractivity (Wildman–Crippen MR) is 90.6 cm³/mol. The smallest absolute Gasteiger partial charge is 0.151 e. The van der Waals surface area contributed by atoms with Crippen molar-refractivity contribution in [1.82, 2.24) is 14.9 Å². The van der Waals surface area contributed by atoms with E-state index >= 15 is 0 Å². The highest BCUT2D eigenvalue weighted by molar-refractivity contribution is 6.30. The summed E-state index contributed by atoms with van der Waals surface area (Å²) in [5, 5.41) is 10.3. The molecule has 0 bridgehead atoms. The summed E-state index contributed by atoms with van der Waals surface area (Å²) in [4.78, 5) is 9.75. The van der Waals surface area contributed by atoms with E-state index in [-0.39, 0.29) is 37.0 Å². The number of likely N-dealkylation sites (tertiary alicyclic amines) is 1. The van der Waals surface area contributed by atoms with Gasteiger partial charge < -0.3 is 15.8 Å². The quantitative estimate of drug-likeness (QED) is 0.752. The van der Waals surface area contributed by atoms with Gasteiger partial charge in [0, 0.05) is 32.1 Å². The van der Waals surface area contributed by atoms with Crippen LogP contribution in [0.1, 0.15) is 37.7 Å². The first-order chi connectivity index (χ1) is 9.08. The van der Waals surface area contributed by atoms with Crippen LogP contribution in [0.15, 0.2) is 0 Å². The van der Waals surface area contributed by atoms with Gasteiger partial charge in [0.2, 0.25) is 0 Å². The van der Waals surface area contributed by atoms with Crippen LogP contribution in [0.2, 0.25) is 5.15 Å². The van der Waals surface area contributed by atoms with Crippen LogP contribution in [-0.2, 0) is 13.0 Å². The fraction of sp³-hybridized carbons (Fsp3) is 0.769. The Morgan fingerprint density at radius 1 is 1.43 bits per heavy atom. The summed E-state index contributed by atoms with van der Waals surface area (Å²) in [6.07, 6.45) is 3.51. The van der Waals surface area contributed by atoms with E-state index in [1.165, 1.54) is 0 Å². The summed E-state index contributed by atoms with van der Waals surface area (Å²) in [5.74, 6) is 0.948. The van der Waals surface area contributed by atoms with Crippen LogP contribution >= 0.6 is 36.4 Å². The van der Waals surface area contributed by atoms with Crippen LogP contribution in [0.4, 0.5) is 0 Å². The first-order valence-corrected chi connectivity index (χ1v) is 7.35. The SMILES string of the molecule is CCCCc1nc(Cl)c(CN2C[C@@H](N)C[C@@H](O)C2)[nH]1.Cl.Cl. The van der Waals surface area contributed by atoms with Crippen molar-refractivity contribution >= 4 is 36.4 Å². The van der Waals surface area contributed by atoms with E-state index in [1.807, 2.05) is 0 Å². The maximum absolute atomic E-state index is 9.74. The molecular weight excluding hydrogens is 335 g/mol. The number of hydrogen-bond donors (Lipinski definition) is 3. The summed E-state index contributed by atoms with van der Waals surface area (Å²) < 4.78 is 0. The number of aliphatic hydroxyl groups excluding tert-OH is 1. The number of aromatic nitrogens is 2. The Bertz CT molecular complexity index is 406. The minimum Gasteiger partial charge on any atom is -0.392 e. The lowest BCUT2D eigenvalue weighted by atomic mass is 10.0. The standard InChI is InChI=1S/C13H23ClN4O.2ClH/c1-2-3-4-12-16-11(13(14)17-12)8-18-6-9(15)5-10(19)7-18;;/h9-10,19H,2-8,15H2,1H3,(H,16,17);2*1H/t9-,10+;;/m0../s1. The molecule has 0 saturated carbocycles. The van der Waals surface area contributed by atoms with Crippen molar-refractivity contribution in [1.29, 1.82) is 0 Å². The first kappa shape index (κ1) is 21.0. The predicted octanol–water partition coefficient (Wildman–Crippen LogP) is 2.14. The second kappa shape index (κ2) is 9.87. The molecule has 0 radical (unpaired) electrons. The number of aliphatic hydroxyl groups is 1. The Labute approximate surface area is 143 Å². The monoisotopic (exact) mass is 358 g/mol. The van der Waals surface area contributed by atoms with Gasteiger partial charge in [-0.2, -0.15) is 0 Å². The number of piperidine rings is 1. The number of halogens is 3. The molecule has 124 valence electrons. The molecule has 1 fully saturated rings. The highest BCUT2D eigenvalue weighted by atomic mass is 35.5. The molecule has 0 unspecified atom stereocenters. The number of aromatic amines is 1. The number of imidazole rings is 1. The van der Waals surface area contributed by atoms with E-state index in [1.54, 1.807) is 0 Å². The molecule has 1 saturated heterocycles. The van der Waals surface area contributed by atoms with E-state index in [9.17, 15) is 5.11 Å². The first-order valence-electron chi connectivity index (χ1n) is 6.97. The van der Waals surface area contributed by atoms with E-state index in [4.69, 9.17) is 17.3 Å². The van der Waals surface area contributed by atoms with Crippen molar-refractivity contribution in [2.24, 2.45) is 5.73 Å². The molecule has 0 aliphatic carbocycles. The van der Waals surface area contributed by atoms with E-state index in [2.05, 4.69) is 21.8 Å². The Morgan fingerprint density at radius 2 is 2.14 bits per heavy atom. The van der Waals surface area contributed by atoms with Gasteiger partial charge in [0.15, 0.2) is 5.15 Å². The normalized spacial score (nSPS) is 22.5. The highest BCUT2D eigenvalue weighted by Crippen LogP contribution is 2.18. The molecule has 1 aromatic heterocycles. The lowest BCUT2D eigenvalue weighted by Gasteiger charge is -2.33. The third-order valence-corrected chi connectivity index (χ3v) is 3.78. The van der Waals surface area contributed by atoms with E-state index in [0.29, 0.717) is 24.7 Å². The zero-order chi connectivity index (χ0) is 13.8. The molecule has 4 N–H and O–H groups in total. The van der Waals surface area contributed by atoms with Crippen molar-refractivity contribution in [3.63, 3.8) is 0 Å². The molecular formula is C13H25Cl3N4O. The number of aryl methyl sites for hydroxylation is 1. The molecule has 8 heteroatoms. The molecule has 0 amide bonds. The van der Waals surface area contributed by atoms with E-state index in [0.717, 1.165) is 37.3 Å². The van der Waals surface area contributed by atoms with Gasteiger partial charge in [-0.1, -0.05) is 24.9 Å². The third kappa shape index (κ3) is 6.30. The van der Waals surface area contributed by atoms with Crippen molar-refractivity contribution < 1.29 is 5.11 Å². The van der Waals surface area contributed by atoms with Crippen LogP contribution in [0.3, 0.4) is 0 Å².